The van der Waals surface area contributed by atoms with Crippen molar-refractivity contribution in [3.05, 3.63) is 21.9 Å². The molecule has 1 aromatic rings. The van der Waals surface area contributed by atoms with Crippen LogP contribution in [0.5, 0.6) is 0 Å². The molecule has 0 N–H and O–H groups in total. The summed E-state index contributed by atoms with van der Waals surface area (Å²) in [6.45, 7) is 2.05. The number of aryl methyl sites for hydroxylation is 1. The van der Waals surface area contributed by atoms with E-state index in [1.54, 1.807) is 11.3 Å². The lowest BCUT2D eigenvalue weighted by Gasteiger charge is -2.04. The molecule has 0 amide bonds. The second kappa shape index (κ2) is 3.44. The van der Waals surface area contributed by atoms with E-state index in [9.17, 15) is 4.79 Å². The summed E-state index contributed by atoms with van der Waals surface area (Å²) < 4.78 is 0. The van der Waals surface area contributed by atoms with E-state index in [-0.39, 0.29) is 0 Å². The van der Waals surface area contributed by atoms with Gasteiger partial charge >= 0.3 is 0 Å². The first-order chi connectivity index (χ1) is 7.29. The topological polar surface area (TPSA) is 17.1 Å². The van der Waals surface area contributed by atoms with Gasteiger partial charge in [-0.2, -0.15) is 0 Å². The van der Waals surface area contributed by atoms with E-state index >= 15 is 0 Å². The molecule has 2 saturated carbocycles. The van der Waals surface area contributed by atoms with Crippen molar-refractivity contribution >= 4 is 17.1 Å². The maximum atomic E-state index is 12.3. The number of ketones is 1. The minimum atomic E-state index is 0.393. The van der Waals surface area contributed by atoms with Gasteiger partial charge in [-0.3, -0.25) is 4.79 Å². The molecule has 1 heterocycles. The van der Waals surface area contributed by atoms with Gasteiger partial charge in [0.15, 0.2) is 5.78 Å². The fraction of sp³-hybridized carbons (Fsp3) is 0.615. The first-order valence-electron chi connectivity index (χ1n) is 5.87. The molecule has 2 heteroatoms. The van der Waals surface area contributed by atoms with Crippen LogP contribution in [0.3, 0.4) is 0 Å². The smallest absolute Gasteiger partial charge is 0.176 e. The molecule has 0 aromatic carbocycles. The highest BCUT2D eigenvalue weighted by Gasteiger charge is 2.54. The van der Waals surface area contributed by atoms with Crippen LogP contribution in [-0.2, 0) is 0 Å². The van der Waals surface area contributed by atoms with Gasteiger partial charge in [-0.15, -0.1) is 11.3 Å². The van der Waals surface area contributed by atoms with E-state index in [1.807, 2.05) is 5.38 Å². The molecular weight excluding hydrogens is 204 g/mol. The highest BCUT2D eigenvalue weighted by molar-refractivity contribution is 7.12. The van der Waals surface area contributed by atoms with Crippen LogP contribution in [0, 0.1) is 24.7 Å². The minimum Gasteiger partial charge on any atom is -0.293 e. The zero-order valence-corrected chi connectivity index (χ0v) is 9.85. The number of carbonyl (C=O) groups excluding carboxylic acids is 1. The Balaban J connectivity index is 1.79. The first kappa shape index (κ1) is 9.59. The van der Waals surface area contributed by atoms with E-state index in [0.717, 1.165) is 16.7 Å². The van der Waals surface area contributed by atoms with Gasteiger partial charge in [0, 0.05) is 5.92 Å². The summed E-state index contributed by atoms with van der Waals surface area (Å²) in [6, 6.07) is 2.06. The maximum Gasteiger partial charge on any atom is 0.176 e. The molecule has 0 saturated heterocycles. The van der Waals surface area contributed by atoms with Gasteiger partial charge in [0.1, 0.15) is 0 Å². The Labute approximate surface area is 94.5 Å². The summed E-state index contributed by atoms with van der Waals surface area (Å²) >= 11 is 1.62. The molecule has 2 fully saturated rings. The van der Waals surface area contributed by atoms with E-state index in [0.29, 0.717) is 11.7 Å². The Bertz CT molecular complexity index is 381. The Hall–Kier alpha value is -0.630. The zero-order chi connectivity index (χ0) is 10.4. The van der Waals surface area contributed by atoms with Crippen LogP contribution in [-0.4, -0.2) is 5.78 Å². The van der Waals surface area contributed by atoms with Crippen LogP contribution in [0.1, 0.15) is 40.9 Å². The number of hydrogen-bond donors (Lipinski definition) is 0. The fourth-order valence-corrected chi connectivity index (χ4v) is 4.07. The predicted molar refractivity (Wildman–Crippen MR) is 62.3 cm³/mol. The summed E-state index contributed by atoms with van der Waals surface area (Å²) in [4.78, 5) is 13.3. The molecular formula is C13H16OS. The van der Waals surface area contributed by atoms with Gasteiger partial charge in [-0.1, -0.05) is 12.8 Å². The number of fused-ring (bicyclic) bond motifs is 1. The number of thiophene rings is 1. The second-order valence-electron chi connectivity index (χ2n) is 4.93. The lowest BCUT2D eigenvalue weighted by molar-refractivity contribution is 0.0960. The van der Waals surface area contributed by atoms with Crippen molar-refractivity contribution < 1.29 is 4.79 Å². The molecule has 1 nitrogen and oxygen atoms in total. The second-order valence-corrected chi connectivity index (χ2v) is 5.85. The van der Waals surface area contributed by atoms with Crippen LogP contribution in [0.15, 0.2) is 11.4 Å². The SMILES string of the molecule is Cc1ccsc1C(=O)C1C2CCCCC21. The zero-order valence-electron chi connectivity index (χ0n) is 9.03. The Morgan fingerprint density at radius 1 is 1.33 bits per heavy atom. The Morgan fingerprint density at radius 2 is 2.00 bits per heavy atom. The molecule has 1 aromatic heterocycles. The van der Waals surface area contributed by atoms with Crippen molar-refractivity contribution in [2.45, 2.75) is 32.6 Å². The maximum absolute atomic E-state index is 12.3. The van der Waals surface area contributed by atoms with Crippen LogP contribution >= 0.6 is 11.3 Å². The predicted octanol–water partition coefficient (Wildman–Crippen LogP) is 3.68. The molecule has 0 aliphatic heterocycles. The van der Waals surface area contributed by atoms with Crippen molar-refractivity contribution in [2.75, 3.05) is 0 Å². The normalized spacial score (nSPS) is 33.5. The molecule has 0 spiro atoms. The van der Waals surface area contributed by atoms with Crippen LogP contribution in [0.4, 0.5) is 0 Å². The van der Waals surface area contributed by atoms with Crippen molar-refractivity contribution in [2.24, 2.45) is 17.8 Å². The number of Topliss-reactive ketones (excluding diaryl/α,β-unsaturated/α-hetero) is 1. The summed E-state index contributed by atoms with van der Waals surface area (Å²) in [5.41, 5.74) is 1.17. The summed E-state index contributed by atoms with van der Waals surface area (Å²) in [5, 5.41) is 2.04. The largest absolute Gasteiger partial charge is 0.293 e. The molecule has 0 radical (unpaired) electrons. The molecule has 2 atom stereocenters. The fourth-order valence-electron chi connectivity index (χ4n) is 3.16. The Kier molecular flexibility index (Phi) is 2.20. The van der Waals surface area contributed by atoms with Crippen LogP contribution < -0.4 is 0 Å². The first-order valence-corrected chi connectivity index (χ1v) is 6.75. The third kappa shape index (κ3) is 1.46. The van der Waals surface area contributed by atoms with E-state index in [4.69, 9.17) is 0 Å². The summed E-state index contributed by atoms with van der Waals surface area (Å²) in [5.74, 6) is 2.32. The lowest BCUT2D eigenvalue weighted by atomic mass is 10.0. The number of carbonyl (C=O) groups is 1. The molecule has 15 heavy (non-hydrogen) atoms. The average Bonchev–Trinajstić information content (AvgIpc) is 2.83. The molecule has 2 aliphatic carbocycles. The average molecular weight is 220 g/mol. The van der Waals surface area contributed by atoms with Gasteiger partial charge < -0.3 is 0 Å². The number of hydrogen-bond acceptors (Lipinski definition) is 2. The third-order valence-corrected chi connectivity index (χ3v) is 5.08. The van der Waals surface area contributed by atoms with Crippen molar-refractivity contribution in [3.8, 4) is 0 Å². The molecule has 0 bridgehead atoms. The van der Waals surface area contributed by atoms with Crippen molar-refractivity contribution in [3.63, 3.8) is 0 Å². The quantitative estimate of drug-likeness (QED) is 0.695. The van der Waals surface area contributed by atoms with E-state index in [2.05, 4.69) is 13.0 Å². The molecule has 2 unspecified atom stereocenters. The van der Waals surface area contributed by atoms with Crippen LogP contribution in [0.2, 0.25) is 0 Å². The van der Waals surface area contributed by atoms with E-state index < -0.39 is 0 Å². The van der Waals surface area contributed by atoms with E-state index in [1.165, 1.54) is 31.2 Å². The van der Waals surface area contributed by atoms with Gasteiger partial charge in [0.2, 0.25) is 0 Å². The minimum absolute atomic E-state index is 0.393. The van der Waals surface area contributed by atoms with Crippen LogP contribution in [0.25, 0.3) is 0 Å². The standard InChI is InChI=1S/C13H16OS/c1-8-6-7-15-13(8)12(14)11-9-4-2-3-5-10(9)11/h6-7,9-11H,2-5H2,1H3. The summed E-state index contributed by atoms with van der Waals surface area (Å²) in [6.07, 6.45) is 5.28. The molecule has 80 valence electrons. The van der Waals surface area contributed by atoms with Gasteiger partial charge in [0.25, 0.3) is 0 Å². The van der Waals surface area contributed by atoms with Gasteiger partial charge in [-0.05, 0) is 48.6 Å². The van der Waals surface area contributed by atoms with Gasteiger partial charge in [-0.25, -0.2) is 0 Å². The highest BCUT2D eigenvalue weighted by Crippen LogP contribution is 2.56. The van der Waals surface area contributed by atoms with Gasteiger partial charge in [0.05, 0.1) is 4.88 Å². The highest BCUT2D eigenvalue weighted by atomic mass is 32.1. The molecule has 3 rings (SSSR count). The summed E-state index contributed by atoms with van der Waals surface area (Å²) in [7, 11) is 0. The molecule has 2 aliphatic rings. The van der Waals surface area contributed by atoms with Crippen molar-refractivity contribution in [1.29, 1.82) is 0 Å². The Morgan fingerprint density at radius 3 is 2.53 bits per heavy atom. The monoisotopic (exact) mass is 220 g/mol. The number of rotatable bonds is 2. The van der Waals surface area contributed by atoms with Crippen molar-refractivity contribution in [1.82, 2.24) is 0 Å². The lowest BCUT2D eigenvalue weighted by Crippen LogP contribution is -2.03. The third-order valence-electron chi connectivity index (χ3n) is 4.05.